The minimum absolute atomic E-state index is 0. The van der Waals surface area contributed by atoms with Gasteiger partial charge >= 0.3 is 0 Å². The topological polar surface area (TPSA) is 41.6 Å². The highest BCUT2D eigenvalue weighted by molar-refractivity contribution is 5.85. The van der Waals surface area contributed by atoms with Crippen LogP contribution in [0, 0.1) is 0 Å². The van der Waals surface area contributed by atoms with Crippen LogP contribution in [0.5, 0.6) is 5.75 Å². The Bertz CT molecular complexity index is 591. The van der Waals surface area contributed by atoms with Gasteiger partial charge in [-0.3, -0.25) is 4.79 Å². The third-order valence-corrected chi connectivity index (χ3v) is 3.42. The van der Waals surface area contributed by atoms with Gasteiger partial charge in [-0.1, -0.05) is 48.5 Å². The summed E-state index contributed by atoms with van der Waals surface area (Å²) in [5.41, 5.74) is 0.849. The third-order valence-electron chi connectivity index (χ3n) is 3.42. The highest BCUT2D eigenvalue weighted by Gasteiger charge is 2.22. The number of hydrogen-bond acceptors (Lipinski definition) is 3. The second-order valence-corrected chi connectivity index (χ2v) is 5.67. The lowest BCUT2D eigenvalue weighted by Gasteiger charge is -2.19. The van der Waals surface area contributed by atoms with Crippen LogP contribution in [0.25, 0.3) is 0 Å². The Morgan fingerprint density at radius 2 is 1.62 bits per heavy atom. The highest BCUT2D eigenvalue weighted by Crippen LogP contribution is 2.21. The van der Waals surface area contributed by atoms with Crippen molar-refractivity contribution in [1.82, 2.24) is 10.2 Å². The third kappa shape index (κ3) is 6.60. The molecule has 0 spiro atoms. The molecule has 0 aromatic heterocycles. The van der Waals surface area contributed by atoms with Gasteiger partial charge in [0.1, 0.15) is 5.75 Å². The molecular weight excluding hydrogens is 324 g/mol. The summed E-state index contributed by atoms with van der Waals surface area (Å²) >= 11 is 0. The molecule has 1 unspecified atom stereocenters. The first kappa shape index (κ1) is 20.0. The first-order valence-corrected chi connectivity index (χ1v) is 7.86. The van der Waals surface area contributed by atoms with Crippen molar-refractivity contribution in [2.75, 3.05) is 27.2 Å². The van der Waals surface area contributed by atoms with E-state index < -0.39 is 6.10 Å². The molecule has 0 fully saturated rings. The van der Waals surface area contributed by atoms with E-state index in [-0.39, 0.29) is 18.3 Å². The Balaban J connectivity index is 0.00000288. The predicted octanol–water partition coefficient (Wildman–Crippen LogP) is 3.30. The summed E-state index contributed by atoms with van der Waals surface area (Å²) in [5, 5.41) is 2.97. The molecule has 1 amide bonds. The molecular formula is C19H25ClN2O2. The highest BCUT2D eigenvalue weighted by atomic mass is 35.5. The Hall–Kier alpha value is -2.04. The van der Waals surface area contributed by atoms with Crippen molar-refractivity contribution in [1.29, 1.82) is 0 Å². The molecule has 1 N–H and O–H groups in total. The largest absolute Gasteiger partial charge is 0.476 e. The molecule has 0 aliphatic rings. The number of halogens is 1. The average Bonchev–Trinajstić information content (AvgIpc) is 2.58. The quantitative estimate of drug-likeness (QED) is 0.744. The van der Waals surface area contributed by atoms with E-state index in [1.54, 1.807) is 0 Å². The van der Waals surface area contributed by atoms with Gasteiger partial charge < -0.3 is 15.0 Å². The average molecular weight is 349 g/mol. The molecule has 4 nitrogen and oxygen atoms in total. The monoisotopic (exact) mass is 348 g/mol. The van der Waals surface area contributed by atoms with Crippen LogP contribution < -0.4 is 10.1 Å². The SMILES string of the molecule is CN(C)CCCNC(=O)C(Oc1ccccc1)c1ccccc1.Cl. The summed E-state index contributed by atoms with van der Waals surface area (Å²) in [6.45, 7) is 1.58. The van der Waals surface area contributed by atoms with Crippen molar-refractivity contribution >= 4 is 18.3 Å². The number of nitrogens with one attached hydrogen (secondary N) is 1. The van der Waals surface area contributed by atoms with E-state index >= 15 is 0 Å². The zero-order chi connectivity index (χ0) is 16.5. The fraction of sp³-hybridized carbons (Fsp3) is 0.316. The Kier molecular flexibility index (Phi) is 8.90. The molecule has 130 valence electrons. The maximum atomic E-state index is 12.5. The van der Waals surface area contributed by atoms with Crippen molar-refractivity contribution < 1.29 is 9.53 Å². The maximum absolute atomic E-state index is 12.5. The minimum atomic E-state index is -0.641. The fourth-order valence-corrected chi connectivity index (χ4v) is 2.24. The van der Waals surface area contributed by atoms with Crippen LogP contribution in [0.4, 0.5) is 0 Å². The maximum Gasteiger partial charge on any atom is 0.265 e. The smallest absolute Gasteiger partial charge is 0.265 e. The van der Waals surface area contributed by atoms with Gasteiger partial charge in [-0.15, -0.1) is 12.4 Å². The van der Waals surface area contributed by atoms with E-state index in [0.717, 1.165) is 18.5 Å². The lowest BCUT2D eigenvalue weighted by molar-refractivity contribution is -0.128. The Morgan fingerprint density at radius 3 is 2.21 bits per heavy atom. The van der Waals surface area contributed by atoms with Gasteiger partial charge in [0.05, 0.1) is 0 Å². The summed E-state index contributed by atoms with van der Waals surface area (Å²) in [5.74, 6) is 0.573. The number of benzene rings is 2. The lowest BCUT2D eigenvalue weighted by Crippen LogP contribution is -2.34. The number of ether oxygens (including phenoxy) is 1. The van der Waals surface area contributed by atoms with Crippen LogP contribution in [-0.4, -0.2) is 38.0 Å². The summed E-state index contributed by atoms with van der Waals surface area (Å²) in [6.07, 6.45) is 0.268. The van der Waals surface area contributed by atoms with Crippen LogP contribution in [0.2, 0.25) is 0 Å². The molecule has 0 saturated carbocycles. The van der Waals surface area contributed by atoms with Crippen LogP contribution in [0.3, 0.4) is 0 Å². The van der Waals surface area contributed by atoms with Crippen molar-refractivity contribution in [3.05, 3.63) is 66.2 Å². The van der Waals surface area contributed by atoms with Gasteiger partial charge in [0.2, 0.25) is 6.10 Å². The van der Waals surface area contributed by atoms with Gasteiger partial charge in [0, 0.05) is 12.1 Å². The molecule has 0 aliphatic carbocycles. The van der Waals surface area contributed by atoms with Gasteiger partial charge in [-0.25, -0.2) is 0 Å². The summed E-state index contributed by atoms with van der Waals surface area (Å²) < 4.78 is 5.92. The van der Waals surface area contributed by atoms with E-state index in [4.69, 9.17) is 4.74 Å². The fourth-order valence-electron chi connectivity index (χ4n) is 2.24. The van der Waals surface area contributed by atoms with E-state index in [1.165, 1.54) is 0 Å². The standard InChI is InChI=1S/C19H24N2O2.ClH/c1-21(2)15-9-14-20-19(22)18(16-10-5-3-6-11-16)23-17-12-7-4-8-13-17;/h3-8,10-13,18H,9,14-15H2,1-2H3,(H,20,22);1H. The number of carbonyl (C=O) groups is 1. The Morgan fingerprint density at radius 1 is 1.04 bits per heavy atom. The van der Waals surface area contributed by atoms with E-state index in [1.807, 2.05) is 74.8 Å². The van der Waals surface area contributed by atoms with Crippen LogP contribution in [0.1, 0.15) is 18.1 Å². The minimum Gasteiger partial charge on any atom is -0.476 e. The van der Waals surface area contributed by atoms with E-state index in [9.17, 15) is 4.79 Å². The van der Waals surface area contributed by atoms with Gasteiger partial charge in [0.15, 0.2) is 0 Å². The molecule has 1 atom stereocenters. The number of amides is 1. The number of carbonyl (C=O) groups excluding carboxylic acids is 1. The first-order chi connectivity index (χ1) is 11.2. The van der Waals surface area contributed by atoms with Crippen molar-refractivity contribution in [3.63, 3.8) is 0 Å². The number of nitrogens with zero attached hydrogens (tertiary/aromatic N) is 1. The zero-order valence-electron chi connectivity index (χ0n) is 14.1. The van der Waals surface area contributed by atoms with Gasteiger partial charge in [-0.2, -0.15) is 0 Å². The van der Waals surface area contributed by atoms with Gasteiger partial charge in [-0.05, 0) is 39.2 Å². The molecule has 0 bridgehead atoms. The zero-order valence-corrected chi connectivity index (χ0v) is 15.0. The number of rotatable bonds is 8. The van der Waals surface area contributed by atoms with Crippen LogP contribution >= 0.6 is 12.4 Å². The molecule has 5 heteroatoms. The summed E-state index contributed by atoms with van der Waals surface area (Å²) in [6, 6.07) is 19.0. The number of hydrogen-bond donors (Lipinski definition) is 1. The Labute approximate surface area is 150 Å². The summed E-state index contributed by atoms with van der Waals surface area (Å²) in [7, 11) is 4.04. The van der Waals surface area contributed by atoms with Crippen molar-refractivity contribution in [2.45, 2.75) is 12.5 Å². The van der Waals surface area contributed by atoms with Crippen LogP contribution in [0.15, 0.2) is 60.7 Å². The second-order valence-electron chi connectivity index (χ2n) is 5.67. The summed E-state index contributed by atoms with van der Waals surface area (Å²) in [4.78, 5) is 14.6. The molecule has 2 aromatic rings. The van der Waals surface area contributed by atoms with Crippen molar-refractivity contribution in [3.8, 4) is 5.75 Å². The molecule has 0 aliphatic heterocycles. The molecule has 0 saturated heterocycles. The molecule has 2 aromatic carbocycles. The van der Waals surface area contributed by atoms with E-state index in [0.29, 0.717) is 12.3 Å². The molecule has 2 rings (SSSR count). The normalized spacial score (nSPS) is 11.5. The van der Waals surface area contributed by atoms with E-state index in [2.05, 4.69) is 10.2 Å². The van der Waals surface area contributed by atoms with Crippen molar-refractivity contribution in [2.24, 2.45) is 0 Å². The number of para-hydroxylation sites is 1. The van der Waals surface area contributed by atoms with Gasteiger partial charge in [0.25, 0.3) is 5.91 Å². The lowest BCUT2D eigenvalue weighted by atomic mass is 10.1. The second kappa shape index (κ2) is 10.7. The molecule has 0 radical (unpaired) electrons. The first-order valence-electron chi connectivity index (χ1n) is 7.86. The molecule has 24 heavy (non-hydrogen) atoms. The molecule has 0 heterocycles. The predicted molar refractivity (Wildman–Crippen MR) is 99.7 cm³/mol. The van der Waals surface area contributed by atoms with Crippen LogP contribution in [-0.2, 0) is 4.79 Å².